The first-order chi connectivity index (χ1) is 9.22. The fourth-order valence-corrected chi connectivity index (χ4v) is 2.93. The Balaban J connectivity index is 1.92. The summed E-state index contributed by atoms with van der Waals surface area (Å²) in [5, 5.41) is 3.56. The largest absolute Gasteiger partial charge is 0.330 e. The van der Waals surface area contributed by atoms with Gasteiger partial charge < -0.3 is 9.88 Å². The molecule has 0 aliphatic carbocycles. The third kappa shape index (κ3) is 3.74. The zero-order chi connectivity index (χ0) is 13.7. The summed E-state index contributed by atoms with van der Waals surface area (Å²) < 4.78 is 2.18. The van der Waals surface area contributed by atoms with E-state index in [2.05, 4.69) is 54.0 Å². The normalized spacial score (nSPS) is 13.0. The maximum Gasteiger partial charge on any atom is 0.123 e. The molecular formula is C15H23N3S. The standard InChI is InChI=1S/C15H23N3S/c1-4-19-10-9-12(2)16-11-15-17-13-7-5-6-8-14(13)18(15)3/h5-8,12,16H,4,9-11H2,1-3H3. The van der Waals surface area contributed by atoms with Crippen molar-refractivity contribution in [3.63, 3.8) is 0 Å². The van der Waals surface area contributed by atoms with Crippen LogP contribution in [0.15, 0.2) is 24.3 Å². The van der Waals surface area contributed by atoms with Gasteiger partial charge in [0.25, 0.3) is 0 Å². The Morgan fingerprint density at radius 2 is 2.16 bits per heavy atom. The van der Waals surface area contributed by atoms with E-state index in [0.717, 1.165) is 17.9 Å². The van der Waals surface area contributed by atoms with Crippen LogP contribution in [0.2, 0.25) is 0 Å². The first-order valence-corrected chi connectivity index (χ1v) is 8.09. The van der Waals surface area contributed by atoms with Crippen LogP contribution in [-0.2, 0) is 13.6 Å². The van der Waals surface area contributed by atoms with E-state index < -0.39 is 0 Å². The van der Waals surface area contributed by atoms with Crippen LogP contribution in [0.1, 0.15) is 26.1 Å². The van der Waals surface area contributed by atoms with Gasteiger partial charge in [0.1, 0.15) is 5.82 Å². The van der Waals surface area contributed by atoms with Gasteiger partial charge in [0.15, 0.2) is 0 Å². The molecule has 0 saturated heterocycles. The highest BCUT2D eigenvalue weighted by Crippen LogP contribution is 2.14. The number of rotatable bonds is 7. The highest BCUT2D eigenvalue weighted by Gasteiger charge is 2.08. The van der Waals surface area contributed by atoms with Crippen LogP contribution in [0.25, 0.3) is 11.0 Å². The van der Waals surface area contributed by atoms with Crippen LogP contribution in [0.3, 0.4) is 0 Å². The summed E-state index contributed by atoms with van der Waals surface area (Å²) in [5.41, 5.74) is 2.28. The minimum Gasteiger partial charge on any atom is -0.330 e. The molecule has 1 unspecified atom stereocenters. The average Bonchev–Trinajstić information content (AvgIpc) is 2.74. The van der Waals surface area contributed by atoms with Crippen molar-refractivity contribution in [2.45, 2.75) is 32.9 Å². The molecule has 1 N–H and O–H groups in total. The third-order valence-electron chi connectivity index (χ3n) is 3.39. The van der Waals surface area contributed by atoms with Gasteiger partial charge >= 0.3 is 0 Å². The van der Waals surface area contributed by atoms with E-state index >= 15 is 0 Å². The lowest BCUT2D eigenvalue weighted by Gasteiger charge is -2.13. The number of para-hydroxylation sites is 2. The zero-order valence-electron chi connectivity index (χ0n) is 12.0. The maximum absolute atomic E-state index is 4.68. The van der Waals surface area contributed by atoms with Gasteiger partial charge in [-0.25, -0.2) is 4.98 Å². The molecular weight excluding hydrogens is 254 g/mol. The molecule has 1 heterocycles. The summed E-state index contributed by atoms with van der Waals surface area (Å²) in [5.74, 6) is 3.54. The first-order valence-electron chi connectivity index (χ1n) is 6.93. The average molecular weight is 277 g/mol. The number of benzene rings is 1. The molecule has 0 fully saturated rings. The Kier molecular flexibility index (Phi) is 5.28. The van der Waals surface area contributed by atoms with Crippen LogP contribution in [0, 0.1) is 0 Å². The third-order valence-corrected chi connectivity index (χ3v) is 4.32. The van der Waals surface area contributed by atoms with E-state index in [0.29, 0.717) is 6.04 Å². The van der Waals surface area contributed by atoms with Crippen LogP contribution in [0.5, 0.6) is 0 Å². The molecule has 0 aliphatic heterocycles. The van der Waals surface area contributed by atoms with Crippen molar-refractivity contribution in [2.75, 3.05) is 11.5 Å². The molecule has 2 aromatic rings. The number of nitrogens with zero attached hydrogens (tertiary/aromatic N) is 2. The summed E-state index contributed by atoms with van der Waals surface area (Å²) in [6.07, 6.45) is 1.21. The van der Waals surface area contributed by atoms with Crippen molar-refractivity contribution in [3.8, 4) is 0 Å². The van der Waals surface area contributed by atoms with Crippen molar-refractivity contribution in [2.24, 2.45) is 7.05 Å². The molecule has 0 radical (unpaired) electrons. The Labute approximate surface area is 119 Å². The van der Waals surface area contributed by atoms with Crippen LogP contribution < -0.4 is 5.32 Å². The van der Waals surface area contributed by atoms with Gasteiger partial charge in [-0.15, -0.1) is 0 Å². The second-order valence-corrected chi connectivity index (χ2v) is 6.24. The zero-order valence-corrected chi connectivity index (χ0v) is 12.8. The fourth-order valence-electron chi connectivity index (χ4n) is 2.13. The van der Waals surface area contributed by atoms with Gasteiger partial charge in [-0.2, -0.15) is 11.8 Å². The number of nitrogens with one attached hydrogen (secondary N) is 1. The van der Waals surface area contributed by atoms with Gasteiger partial charge in [-0.05, 0) is 37.0 Å². The van der Waals surface area contributed by atoms with E-state index in [1.807, 2.05) is 17.8 Å². The van der Waals surface area contributed by atoms with Crippen molar-refractivity contribution >= 4 is 22.8 Å². The van der Waals surface area contributed by atoms with E-state index in [-0.39, 0.29) is 0 Å². The monoisotopic (exact) mass is 277 g/mol. The number of hydrogen-bond donors (Lipinski definition) is 1. The van der Waals surface area contributed by atoms with Crippen LogP contribution in [0.4, 0.5) is 0 Å². The number of fused-ring (bicyclic) bond motifs is 1. The van der Waals surface area contributed by atoms with E-state index in [9.17, 15) is 0 Å². The molecule has 4 heteroatoms. The van der Waals surface area contributed by atoms with Gasteiger partial charge in [0, 0.05) is 13.1 Å². The molecule has 1 aromatic carbocycles. The molecule has 2 rings (SSSR count). The minimum absolute atomic E-state index is 0.541. The molecule has 0 bridgehead atoms. The SMILES string of the molecule is CCSCCC(C)NCc1nc2ccccc2n1C. The topological polar surface area (TPSA) is 29.9 Å². The molecule has 0 spiro atoms. The van der Waals surface area contributed by atoms with Crippen molar-refractivity contribution < 1.29 is 0 Å². The molecule has 19 heavy (non-hydrogen) atoms. The highest BCUT2D eigenvalue weighted by molar-refractivity contribution is 7.99. The van der Waals surface area contributed by atoms with Gasteiger partial charge in [0.2, 0.25) is 0 Å². The molecule has 104 valence electrons. The van der Waals surface area contributed by atoms with Crippen molar-refractivity contribution in [1.29, 1.82) is 0 Å². The number of thioether (sulfide) groups is 1. The molecule has 0 amide bonds. The van der Waals surface area contributed by atoms with E-state index in [1.165, 1.54) is 23.4 Å². The Morgan fingerprint density at radius 1 is 1.37 bits per heavy atom. The van der Waals surface area contributed by atoms with E-state index in [1.54, 1.807) is 0 Å². The van der Waals surface area contributed by atoms with Gasteiger partial charge in [0.05, 0.1) is 17.6 Å². The Bertz CT molecular complexity index is 521. The number of hydrogen-bond acceptors (Lipinski definition) is 3. The fraction of sp³-hybridized carbons (Fsp3) is 0.533. The molecule has 0 saturated carbocycles. The van der Waals surface area contributed by atoms with Gasteiger partial charge in [-0.1, -0.05) is 19.1 Å². The number of aromatic nitrogens is 2. The first kappa shape index (κ1) is 14.4. The lowest BCUT2D eigenvalue weighted by Crippen LogP contribution is -2.27. The van der Waals surface area contributed by atoms with Crippen LogP contribution in [-0.4, -0.2) is 27.1 Å². The number of aryl methyl sites for hydroxylation is 1. The summed E-state index contributed by atoms with van der Waals surface area (Å²) in [6.45, 7) is 5.30. The van der Waals surface area contributed by atoms with Crippen molar-refractivity contribution in [3.05, 3.63) is 30.1 Å². The lowest BCUT2D eigenvalue weighted by atomic mass is 10.2. The summed E-state index contributed by atoms with van der Waals surface area (Å²) in [6, 6.07) is 8.83. The van der Waals surface area contributed by atoms with E-state index in [4.69, 9.17) is 0 Å². The summed E-state index contributed by atoms with van der Waals surface area (Å²) >= 11 is 2.00. The minimum atomic E-state index is 0.541. The van der Waals surface area contributed by atoms with Gasteiger partial charge in [-0.3, -0.25) is 0 Å². The molecule has 1 atom stereocenters. The van der Waals surface area contributed by atoms with Crippen LogP contribution >= 0.6 is 11.8 Å². The summed E-state index contributed by atoms with van der Waals surface area (Å²) in [4.78, 5) is 4.68. The second kappa shape index (κ2) is 6.96. The lowest BCUT2D eigenvalue weighted by molar-refractivity contribution is 0.520. The second-order valence-electron chi connectivity index (χ2n) is 4.84. The molecule has 0 aliphatic rings. The predicted molar refractivity (Wildman–Crippen MR) is 84.6 cm³/mol. The van der Waals surface area contributed by atoms with Crippen molar-refractivity contribution in [1.82, 2.24) is 14.9 Å². The quantitative estimate of drug-likeness (QED) is 0.788. The molecule has 1 aromatic heterocycles. The Morgan fingerprint density at radius 3 is 2.89 bits per heavy atom. The summed E-state index contributed by atoms with van der Waals surface area (Å²) in [7, 11) is 2.09. The smallest absolute Gasteiger partial charge is 0.123 e. The Hall–Kier alpha value is -1.00. The number of imidazole rings is 1. The maximum atomic E-state index is 4.68. The predicted octanol–water partition coefficient (Wildman–Crippen LogP) is 3.19. The molecule has 3 nitrogen and oxygen atoms in total. The highest BCUT2D eigenvalue weighted by atomic mass is 32.2.